The van der Waals surface area contributed by atoms with Crippen molar-refractivity contribution in [3.63, 3.8) is 0 Å². The van der Waals surface area contributed by atoms with Crippen LogP contribution >= 0.6 is 34.5 Å². The van der Waals surface area contributed by atoms with Crippen molar-refractivity contribution in [2.24, 2.45) is 0 Å². The molecule has 0 fully saturated rings. The average molecular weight is 434 g/mol. The lowest BCUT2D eigenvalue weighted by atomic mass is 10.0. The normalized spacial score (nSPS) is 11.6. The fourth-order valence-electron chi connectivity index (χ4n) is 2.58. The van der Waals surface area contributed by atoms with Gasteiger partial charge in [-0.1, -0.05) is 59.6 Å². The Hall–Kier alpha value is -2.54. The van der Waals surface area contributed by atoms with Gasteiger partial charge in [0.2, 0.25) is 5.91 Å². The van der Waals surface area contributed by atoms with Gasteiger partial charge in [-0.25, -0.2) is 0 Å². The van der Waals surface area contributed by atoms with E-state index < -0.39 is 6.04 Å². The number of carbonyl (C=O) groups excluding carboxylic acids is 2. The van der Waals surface area contributed by atoms with Crippen molar-refractivity contribution in [1.29, 1.82) is 0 Å². The molecular formula is C20H17Cl2N3O2S. The van der Waals surface area contributed by atoms with Crippen LogP contribution in [0.4, 0.5) is 11.4 Å². The summed E-state index contributed by atoms with van der Waals surface area (Å²) in [6.45, 7) is 0. The molecule has 4 N–H and O–H groups in total. The summed E-state index contributed by atoms with van der Waals surface area (Å²) in [5, 5.41) is 7.83. The zero-order valence-electron chi connectivity index (χ0n) is 14.6. The Labute approximate surface area is 176 Å². The molecule has 144 valence electrons. The molecule has 0 unspecified atom stereocenters. The minimum absolute atomic E-state index is 0.241. The predicted octanol–water partition coefficient (Wildman–Crippen LogP) is 4.62. The molecule has 3 aromatic rings. The molecule has 0 radical (unpaired) electrons. The van der Waals surface area contributed by atoms with E-state index in [4.69, 9.17) is 28.9 Å². The topological polar surface area (TPSA) is 84.2 Å². The highest BCUT2D eigenvalue weighted by Gasteiger charge is 2.23. The molecule has 2 amide bonds. The molecule has 8 heteroatoms. The maximum absolute atomic E-state index is 12.9. The Morgan fingerprint density at radius 3 is 2.32 bits per heavy atom. The number of hydrogen-bond acceptors (Lipinski definition) is 4. The van der Waals surface area contributed by atoms with Crippen LogP contribution in [0, 0.1) is 0 Å². The van der Waals surface area contributed by atoms with E-state index in [1.54, 1.807) is 17.5 Å². The standard InChI is InChI=1S/C20H17Cl2N3O2S/c21-14-10-13(11-15(22)18(14)23)24-19(26)16(9-12-5-2-1-3-6-12)25-20(27)17-7-4-8-28-17/h1-8,10-11,16H,9,23H2,(H,24,26)(H,25,27)/t16-/m0/s1. The van der Waals surface area contributed by atoms with E-state index >= 15 is 0 Å². The van der Waals surface area contributed by atoms with Crippen molar-refractivity contribution in [3.05, 3.63) is 80.5 Å². The fourth-order valence-corrected chi connectivity index (χ4v) is 3.70. The van der Waals surface area contributed by atoms with Crippen LogP contribution in [0.3, 0.4) is 0 Å². The van der Waals surface area contributed by atoms with Crippen molar-refractivity contribution in [1.82, 2.24) is 5.32 Å². The van der Waals surface area contributed by atoms with Crippen LogP contribution in [0.25, 0.3) is 0 Å². The lowest BCUT2D eigenvalue weighted by molar-refractivity contribution is -0.118. The summed E-state index contributed by atoms with van der Waals surface area (Å²) in [5.74, 6) is -0.690. The Morgan fingerprint density at radius 2 is 1.71 bits per heavy atom. The first-order valence-electron chi connectivity index (χ1n) is 8.37. The molecule has 1 atom stereocenters. The molecule has 0 spiro atoms. The molecule has 0 aliphatic rings. The van der Waals surface area contributed by atoms with E-state index in [0.29, 0.717) is 17.0 Å². The number of amides is 2. The number of nitrogens with one attached hydrogen (secondary N) is 2. The molecule has 1 aromatic heterocycles. The molecule has 0 aliphatic heterocycles. The number of nitrogen functional groups attached to an aromatic ring is 1. The van der Waals surface area contributed by atoms with Gasteiger partial charge in [-0.3, -0.25) is 9.59 Å². The summed E-state index contributed by atoms with van der Waals surface area (Å²) in [4.78, 5) is 25.9. The molecule has 3 rings (SSSR count). The highest BCUT2D eigenvalue weighted by Crippen LogP contribution is 2.31. The van der Waals surface area contributed by atoms with Crippen LogP contribution < -0.4 is 16.4 Å². The predicted molar refractivity (Wildman–Crippen MR) is 115 cm³/mol. The van der Waals surface area contributed by atoms with E-state index in [1.165, 1.54) is 23.5 Å². The summed E-state index contributed by atoms with van der Waals surface area (Å²) in [7, 11) is 0. The van der Waals surface area contributed by atoms with Crippen LogP contribution in [0.2, 0.25) is 10.0 Å². The van der Waals surface area contributed by atoms with Crippen molar-refractivity contribution < 1.29 is 9.59 Å². The summed E-state index contributed by atoms with van der Waals surface area (Å²) in [5.41, 5.74) is 7.29. The number of thiophene rings is 1. The summed E-state index contributed by atoms with van der Waals surface area (Å²) < 4.78 is 0. The number of halogens is 2. The number of nitrogens with two attached hydrogens (primary N) is 1. The fraction of sp³-hybridized carbons (Fsp3) is 0.100. The van der Waals surface area contributed by atoms with E-state index in [0.717, 1.165) is 5.56 Å². The molecular weight excluding hydrogens is 417 g/mol. The summed E-state index contributed by atoms with van der Waals surface area (Å²) in [6, 6.07) is 15.2. The van der Waals surface area contributed by atoms with Crippen LogP contribution in [-0.4, -0.2) is 17.9 Å². The van der Waals surface area contributed by atoms with E-state index in [1.807, 2.05) is 30.3 Å². The molecule has 28 heavy (non-hydrogen) atoms. The Morgan fingerprint density at radius 1 is 1.04 bits per heavy atom. The molecule has 1 heterocycles. The van der Waals surface area contributed by atoms with Gasteiger partial charge >= 0.3 is 0 Å². The van der Waals surface area contributed by atoms with Crippen molar-refractivity contribution in [2.75, 3.05) is 11.1 Å². The Bertz CT molecular complexity index is 955. The maximum Gasteiger partial charge on any atom is 0.262 e. The zero-order valence-corrected chi connectivity index (χ0v) is 16.9. The van der Waals surface area contributed by atoms with Gasteiger partial charge in [0.15, 0.2) is 0 Å². The van der Waals surface area contributed by atoms with E-state index in [9.17, 15) is 9.59 Å². The van der Waals surface area contributed by atoms with Gasteiger partial charge in [0.05, 0.1) is 20.6 Å². The zero-order chi connectivity index (χ0) is 20.1. The van der Waals surface area contributed by atoms with Crippen LogP contribution in [-0.2, 0) is 11.2 Å². The minimum Gasteiger partial charge on any atom is -0.396 e. The highest BCUT2D eigenvalue weighted by molar-refractivity contribution is 7.12. The van der Waals surface area contributed by atoms with Gasteiger partial charge in [-0.2, -0.15) is 0 Å². The summed E-state index contributed by atoms with van der Waals surface area (Å²) in [6.07, 6.45) is 0.334. The third-order valence-electron chi connectivity index (χ3n) is 4.00. The quantitative estimate of drug-likeness (QED) is 0.495. The molecule has 0 saturated heterocycles. The third kappa shape index (κ3) is 5.04. The van der Waals surface area contributed by atoms with E-state index in [-0.39, 0.29) is 27.5 Å². The van der Waals surface area contributed by atoms with Crippen molar-refractivity contribution in [3.8, 4) is 0 Å². The largest absolute Gasteiger partial charge is 0.396 e. The van der Waals surface area contributed by atoms with Crippen molar-refractivity contribution >= 4 is 57.7 Å². The second-order valence-electron chi connectivity index (χ2n) is 6.04. The van der Waals surface area contributed by atoms with Gasteiger partial charge in [0, 0.05) is 12.1 Å². The number of rotatable bonds is 6. The lowest BCUT2D eigenvalue weighted by Crippen LogP contribution is -2.45. The first-order chi connectivity index (χ1) is 13.4. The van der Waals surface area contributed by atoms with Crippen LogP contribution in [0.5, 0.6) is 0 Å². The van der Waals surface area contributed by atoms with Gasteiger partial charge in [0.1, 0.15) is 6.04 Å². The number of hydrogen-bond donors (Lipinski definition) is 3. The van der Waals surface area contributed by atoms with Gasteiger partial charge < -0.3 is 16.4 Å². The molecule has 5 nitrogen and oxygen atoms in total. The highest BCUT2D eigenvalue weighted by atomic mass is 35.5. The number of benzene rings is 2. The maximum atomic E-state index is 12.9. The molecule has 0 bridgehead atoms. The third-order valence-corrected chi connectivity index (χ3v) is 5.49. The lowest BCUT2D eigenvalue weighted by Gasteiger charge is -2.19. The van der Waals surface area contributed by atoms with Crippen molar-refractivity contribution in [2.45, 2.75) is 12.5 Å². The minimum atomic E-state index is -0.785. The Balaban J connectivity index is 1.80. The molecule has 0 saturated carbocycles. The first kappa shape index (κ1) is 20.2. The number of anilines is 2. The van der Waals surface area contributed by atoms with Gasteiger partial charge in [0.25, 0.3) is 5.91 Å². The summed E-state index contributed by atoms with van der Waals surface area (Å²) >= 11 is 13.4. The van der Waals surface area contributed by atoms with Gasteiger partial charge in [-0.05, 0) is 29.1 Å². The van der Waals surface area contributed by atoms with Crippen LogP contribution in [0.1, 0.15) is 15.2 Å². The SMILES string of the molecule is Nc1c(Cl)cc(NC(=O)[C@H](Cc2ccccc2)NC(=O)c2cccs2)cc1Cl. The van der Waals surface area contributed by atoms with Crippen LogP contribution in [0.15, 0.2) is 60.0 Å². The Kier molecular flexibility index (Phi) is 6.57. The first-order valence-corrected chi connectivity index (χ1v) is 10.0. The smallest absolute Gasteiger partial charge is 0.262 e. The monoisotopic (exact) mass is 433 g/mol. The molecule has 2 aromatic carbocycles. The van der Waals surface area contributed by atoms with E-state index in [2.05, 4.69) is 10.6 Å². The second kappa shape index (κ2) is 9.10. The van der Waals surface area contributed by atoms with Gasteiger partial charge in [-0.15, -0.1) is 11.3 Å². The second-order valence-corrected chi connectivity index (χ2v) is 7.80. The average Bonchev–Trinajstić information content (AvgIpc) is 3.21. The molecule has 0 aliphatic carbocycles. The number of carbonyl (C=O) groups is 2.